The van der Waals surface area contributed by atoms with Crippen LogP contribution >= 0.6 is 0 Å². The molecule has 0 amide bonds. The molecule has 0 spiro atoms. The molecule has 7 aromatic rings. The van der Waals surface area contributed by atoms with Gasteiger partial charge in [0.05, 0.1) is 0 Å². The zero-order valence-corrected chi connectivity index (χ0v) is 29.3. The molecule has 0 saturated carbocycles. The molecule has 233 valence electrons. The van der Waals surface area contributed by atoms with Crippen LogP contribution in [-0.4, -0.2) is 11.0 Å². The van der Waals surface area contributed by atoms with Crippen molar-refractivity contribution in [2.75, 3.05) is 0 Å². The van der Waals surface area contributed by atoms with Gasteiger partial charge in [-0.1, -0.05) is 104 Å². The van der Waals surface area contributed by atoms with Gasteiger partial charge in [0.15, 0.2) is 0 Å². The van der Waals surface area contributed by atoms with Gasteiger partial charge >= 0.3 is 6.01 Å². The third kappa shape index (κ3) is 6.26. The molecule has 0 atom stereocenters. The Bertz CT molecular complexity index is 2180. The zero-order chi connectivity index (χ0) is 31.6. The molecule has 0 fully saturated rings. The number of nitrogens with zero attached hydrogens (tertiary/aromatic N) is 3. The largest absolute Gasteiger partial charge is 0.501 e. The van der Waals surface area contributed by atoms with Crippen LogP contribution in [0.15, 0.2) is 132 Å². The van der Waals surface area contributed by atoms with Crippen LogP contribution in [0.2, 0.25) is 0 Å². The predicted octanol–water partition coefficient (Wildman–Crippen LogP) is 11.0. The summed E-state index contributed by atoms with van der Waals surface area (Å²) in [6.07, 6.45) is 1.79. The number of hydrogen-bond donors (Lipinski definition) is 0. The van der Waals surface area contributed by atoms with Crippen LogP contribution < -0.4 is 9.15 Å². The molecule has 3 heterocycles. The standard InChI is InChI=1S/C31H27N2O.C11H8N.Ir/c1-20(2)23-11-9-12-24(21(3)4)31(23)33-19-32(27-13-6-7-14-28(27)33)22-16-17-26-25-10-5-8-15-29(25)34-30(26)18-22;1-2-6-10(7-3-1)11-8-4-5-9-12-11;/h5-15,17-18,20-21H,1-4H3;1-6,8-9H;/q+1;-1;. The minimum atomic E-state index is 0. The molecule has 47 heavy (non-hydrogen) atoms. The van der Waals surface area contributed by atoms with Crippen LogP contribution in [0.3, 0.4) is 0 Å². The first-order valence-corrected chi connectivity index (χ1v) is 15.8. The first-order valence-electron chi connectivity index (χ1n) is 15.8. The van der Waals surface area contributed by atoms with E-state index in [0.29, 0.717) is 11.8 Å². The van der Waals surface area contributed by atoms with Crippen LogP contribution in [0.1, 0.15) is 50.7 Å². The molecule has 0 saturated heterocycles. The van der Waals surface area contributed by atoms with Gasteiger partial charge in [0, 0.05) is 55.1 Å². The summed E-state index contributed by atoms with van der Waals surface area (Å²) in [4.78, 5) is 4.22. The number of pyridine rings is 1. The van der Waals surface area contributed by atoms with Gasteiger partial charge in [0.25, 0.3) is 11.4 Å². The van der Waals surface area contributed by atoms with Gasteiger partial charge < -0.3 is 9.40 Å². The van der Waals surface area contributed by atoms with Gasteiger partial charge in [-0.25, -0.2) is 0 Å². The third-order valence-corrected chi connectivity index (χ3v) is 8.32. The van der Waals surface area contributed by atoms with Gasteiger partial charge in [-0.2, -0.15) is 6.07 Å². The summed E-state index contributed by atoms with van der Waals surface area (Å²) in [5.41, 5.74) is 10.8. The molecule has 0 N–H and O–H groups in total. The number of hydrogen-bond acceptors (Lipinski definition) is 2. The summed E-state index contributed by atoms with van der Waals surface area (Å²) in [6.45, 7) is 9.02. The fourth-order valence-corrected chi connectivity index (χ4v) is 6.03. The topological polar surface area (TPSA) is 32.0 Å². The Labute approximate surface area is 289 Å². The van der Waals surface area contributed by atoms with E-state index < -0.39 is 0 Å². The molecule has 1 radical (unpaired) electrons. The average molecular weight is 790 g/mol. The Morgan fingerprint density at radius 3 is 2.02 bits per heavy atom. The Balaban J connectivity index is 0.000000250. The van der Waals surface area contributed by atoms with Crippen molar-refractivity contribution in [3.05, 3.63) is 151 Å². The van der Waals surface area contributed by atoms with Crippen molar-refractivity contribution < 1.29 is 24.5 Å². The maximum atomic E-state index is 6.17. The quantitative estimate of drug-likeness (QED) is 0.128. The van der Waals surface area contributed by atoms with E-state index in [2.05, 4.69) is 115 Å². The SMILES string of the molecule is CC(C)c1cccc(C(C)C)c1[N+]1=C=[N+](c2[c-]cc3c(c2)oc2ccccc23)c2ccccc21.[Ir].[c-]1ccccc1-c1ccccn1. The van der Waals surface area contributed by atoms with Gasteiger partial charge in [-0.05, 0) is 39.6 Å². The molecule has 4 nitrogen and oxygen atoms in total. The van der Waals surface area contributed by atoms with E-state index in [1.54, 1.807) is 6.20 Å². The minimum absolute atomic E-state index is 0. The Morgan fingerprint density at radius 2 is 1.34 bits per heavy atom. The molecule has 8 rings (SSSR count). The van der Waals surface area contributed by atoms with E-state index >= 15 is 0 Å². The number of para-hydroxylation sites is 4. The fourth-order valence-electron chi connectivity index (χ4n) is 6.03. The van der Waals surface area contributed by atoms with Crippen molar-refractivity contribution in [2.24, 2.45) is 0 Å². The summed E-state index contributed by atoms with van der Waals surface area (Å²) in [5.74, 6) is 0.797. The molecule has 0 aliphatic carbocycles. The van der Waals surface area contributed by atoms with E-state index in [1.807, 2.05) is 66.7 Å². The van der Waals surface area contributed by atoms with Crippen LogP contribution in [0, 0.1) is 12.1 Å². The fraction of sp³-hybridized carbons (Fsp3) is 0.143. The van der Waals surface area contributed by atoms with Crippen molar-refractivity contribution in [3.63, 3.8) is 0 Å². The van der Waals surface area contributed by atoms with Crippen molar-refractivity contribution >= 4 is 50.7 Å². The number of rotatable bonds is 5. The number of furan rings is 1. The number of benzene rings is 5. The van der Waals surface area contributed by atoms with Gasteiger partial charge in [-0.15, -0.1) is 42.0 Å². The van der Waals surface area contributed by atoms with Crippen LogP contribution in [0.25, 0.3) is 33.2 Å². The first kappa shape index (κ1) is 32.0. The van der Waals surface area contributed by atoms with E-state index in [4.69, 9.17) is 4.42 Å². The van der Waals surface area contributed by atoms with E-state index in [1.165, 1.54) is 16.8 Å². The Kier molecular flexibility index (Phi) is 9.43. The molecule has 1 aliphatic heterocycles. The molecule has 2 aromatic heterocycles. The van der Waals surface area contributed by atoms with Crippen molar-refractivity contribution in [1.82, 2.24) is 14.1 Å². The average Bonchev–Trinajstić information content (AvgIpc) is 3.67. The van der Waals surface area contributed by atoms with Crippen LogP contribution in [-0.2, 0) is 20.1 Å². The molecule has 0 bridgehead atoms. The predicted molar refractivity (Wildman–Crippen MR) is 190 cm³/mol. The van der Waals surface area contributed by atoms with Crippen molar-refractivity contribution in [3.8, 4) is 11.3 Å². The monoisotopic (exact) mass is 790 g/mol. The summed E-state index contributed by atoms with van der Waals surface area (Å²) in [5, 5.41) is 2.19. The molecule has 1 aliphatic rings. The summed E-state index contributed by atoms with van der Waals surface area (Å²) < 4.78 is 10.5. The smallest absolute Gasteiger partial charge is 0.483 e. The Hall–Kier alpha value is -4.92. The summed E-state index contributed by atoms with van der Waals surface area (Å²) in [6, 6.07) is 51.4. The van der Waals surface area contributed by atoms with Gasteiger partial charge in [-0.3, -0.25) is 0 Å². The molecule has 5 heteroatoms. The van der Waals surface area contributed by atoms with Crippen molar-refractivity contribution in [2.45, 2.75) is 39.5 Å². The molecular formula is C42H35IrN3O. The van der Waals surface area contributed by atoms with Gasteiger partial charge in [0.2, 0.25) is 5.69 Å². The van der Waals surface area contributed by atoms with Crippen LogP contribution in [0.5, 0.6) is 0 Å². The second kappa shape index (κ2) is 13.8. The van der Waals surface area contributed by atoms with Gasteiger partial charge in [0.1, 0.15) is 11.3 Å². The normalized spacial score (nSPS) is 12.0. The second-order valence-corrected chi connectivity index (χ2v) is 12.0. The van der Waals surface area contributed by atoms with E-state index in [0.717, 1.165) is 50.3 Å². The number of aromatic nitrogens is 1. The minimum Gasteiger partial charge on any atom is -0.483 e. The molecule has 5 aromatic carbocycles. The van der Waals surface area contributed by atoms with Crippen molar-refractivity contribution in [1.29, 1.82) is 0 Å². The van der Waals surface area contributed by atoms with Crippen LogP contribution in [0.4, 0.5) is 22.7 Å². The maximum Gasteiger partial charge on any atom is 0.501 e. The first-order chi connectivity index (χ1) is 22.5. The Morgan fingerprint density at radius 1 is 0.660 bits per heavy atom. The summed E-state index contributed by atoms with van der Waals surface area (Å²) in [7, 11) is 0. The number of fused-ring (bicyclic) bond motifs is 4. The maximum absolute atomic E-state index is 6.17. The zero-order valence-electron chi connectivity index (χ0n) is 26.9. The van der Waals surface area contributed by atoms with E-state index in [-0.39, 0.29) is 20.1 Å². The molecule has 0 unspecified atom stereocenters. The summed E-state index contributed by atoms with van der Waals surface area (Å²) >= 11 is 0. The second-order valence-electron chi connectivity index (χ2n) is 12.0. The third-order valence-electron chi connectivity index (χ3n) is 8.32. The van der Waals surface area contributed by atoms with E-state index in [9.17, 15) is 0 Å². The molecular weight excluding hydrogens is 755 g/mol.